The van der Waals surface area contributed by atoms with Gasteiger partial charge in [0.15, 0.2) is 5.65 Å². The van der Waals surface area contributed by atoms with Crippen molar-refractivity contribution in [3.8, 4) is 0 Å². The summed E-state index contributed by atoms with van der Waals surface area (Å²) in [7, 11) is -3.40. The van der Waals surface area contributed by atoms with E-state index in [-0.39, 0.29) is 17.9 Å². The second kappa shape index (κ2) is 8.45. The minimum atomic E-state index is -3.40. The lowest BCUT2D eigenvalue weighted by Gasteiger charge is -2.23. The Labute approximate surface area is 169 Å². The van der Waals surface area contributed by atoms with E-state index in [1.165, 1.54) is 0 Å². The first-order chi connectivity index (χ1) is 13.7. The van der Waals surface area contributed by atoms with Gasteiger partial charge in [-0.3, -0.25) is 9.36 Å². The van der Waals surface area contributed by atoms with Crippen LogP contribution in [0.3, 0.4) is 0 Å². The van der Waals surface area contributed by atoms with E-state index in [1.807, 2.05) is 44.4 Å². The van der Waals surface area contributed by atoms with Gasteiger partial charge in [0.2, 0.25) is 0 Å². The molecule has 1 aromatic carbocycles. The van der Waals surface area contributed by atoms with E-state index in [0.29, 0.717) is 17.5 Å². The molecule has 0 saturated carbocycles. The topological polar surface area (TPSA) is 109 Å². The van der Waals surface area contributed by atoms with Crippen molar-refractivity contribution >= 4 is 30.0 Å². The lowest BCUT2D eigenvalue weighted by molar-refractivity contribution is 0.0995. The normalized spacial score (nSPS) is 12.2. The second-order valence-electron chi connectivity index (χ2n) is 7.25. The van der Waals surface area contributed by atoms with Crippen LogP contribution in [0.5, 0.6) is 0 Å². The zero-order valence-electron chi connectivity index (χ0n) is 16.9. The first-order valence-corrected chi connectivity index (χ1v) is 10.9. The number of rotatable bonds is 8. The third kappa shape index (κ3) is 4.90. The van der Waals surface area contributed by atoms with E-state index >= 15 is 0 Å². The lowest BCUT2D eigenvalue weighted by atomic mass is 10.2. The van der Waals surface area contributed by atoms with E-state index in [9.17, 15) is 9.36 Å². The molecule has 154 valence electrons. The van der Waals surface area contributed by atoms with Gasteiger partial charge in [0, 0.05) is 6.54 Å². The number of imidazole rings is 1. The number of aromatic nitrogens is 3. The summed E-state index contributed by atoms with van der Waals surface area (Å²) in [6, 6.07) is 10.6. The molecule has 8 nitrogen and oxygen atoms in total. The molecular formula is C20H25N4O4P. The van der Waals surface area contributed by atoms with Crippen molar-refractivity contribution in [1.29, 1.82) is 0 Å². The van der Waals surface area contributed by atoms with Crippen molar-refractivity contribution in [3.05, 3.63) is 54.0 Å². The molecule has 0 aliphatic heterocycles. The van der Waals surface area contributed by atoms with Crippen LogP contribution in [0.4, 0.5) is 0 Å². The Morgan fingerprint density at radius 1 is 1.07 bits per heavy atom. The van der Waals surface area contributed by atoms with E-state index in [1.54, 1.807) is 30.6 Å². The summed E-state index contributed by atoms with van der Waals surface area (Å²) in [5.74, 6) is -0.589. The second-order valence-corrected chi connectivity index (χ2v) is 9.18. The number of hydrogen-bond donors (Lipinski definition) is 1. The minimum absolute atomic E-state index is 0.179. The largest absolute Gasteiger partial charge is 0.364 e. The molecule has 9 heteroatoms. The minimum Gasteiger partial charge on any atom is -0.364 e. The van der Waals surface area contributed by atoms with E-state index in [4.69, 9.17) is 14.8 Å². The Bertz CT molecular complexity index is 1050. The fourth-order valence-electron chi connectivity index (χ4n) is 2.89. The molecule has 0 radical (unpaired) electrons. The summed E-state index contributed by atoms with van der Waals surface area (Å²) in [6.07, 6.45) is 1.20. The molecule has 0 bridgehead atoms. The van der Waals surface area contributed by atoms with Crippen LogP contribution in [0.15, 0.2) is 42.7 Å². The predicted molar refractivity (Wildman–Crippen MR) is 111 cm³/mol. The van der Waals surface area contributed by atoms with Gasteiger partial charge in [-0.05, 0) is 57.5 Å². The Kier molecular flexibility index (Phi) is 6.17. The Morgan fingerprint density at radius 2 is 1.69 bits per heavy atom. The highest BCUT2D eigenvalue weighted by Gasteiger charge is 2.30. The van der Waals surface area contributed by atoms with Gasteiger partial charge < -0.3 is 19.3 Å². The average Bonchev–Trinajstić information content (AvgIpc) is 3.03. The number of amides is 1. The Morgan fingerprint density at radius 3 is 2.24 bits per heavy atom. The number of hydrogen-bond acceptors (Lipinski definition) is 6. The third-order valence-electron chi connectivity index (χ3n) is 4.04. The van der Waals surface area contributed by atoms with Gasteiger partial charge in [-0.1, -0.05) is 12.1 Å². The number of pyridine rings is 1. The fourth-order valence-corrected chi connectivity index (χ4v) is 4.81. The van der Waals surface area contributed by atoms with Crippen molar-refractivity contribution in [2.45, 2.75) is 46.4 Å². The molecule has 0 aliphatic rings. The highest BCUT2D eigenvalue weighted by Crippen LogP contribution is 2.49. The molecule has 0 aliphatic carbocycles. The maximum atomic E-state index is 13.2. The molecular weight excluding hydrogens is 391 g/mol. The first-order valence-electron chi connectivity index (χ1n) is 9.36. The summed E-state index contributed by atoms with van der Waals surface area (Å²) in [4.78, 5) is 19.7. The molecule has 1 amide bonds. The van der Waals surface area contributed by atoms with Crippen LogP contribution in [-0.2, 0) is 20.2 Å². The van der Waals surface area contributed by atoms with Crippen LogP contribution in [0.1, 0.15) is 43.7 Å². The highest BCUT2D eigenvalue weighted by molar-refractivity contribution is 7.62. The van der Waals surface area contributed by atoms with Crippen LogP contribution in [0.25, 0.3) is 11.2 Å². The third-order valence-corrected chi connectivity index (χ3v) is 6.37. The van der Waals surface area contributed by atoms with Gasteiger partial charge >= 0.3 is 7.60 Å². The summed E-state index contributed by atoms with van der Waals surface area (Å²) >= 11 is 0. The molecule has 0 fully saturated rings. The quantitative estimate of drug-likeness (QED) is 0.565. The van der Waals surface area contributed by atoms with Crippen molar-refractivity contribution < 1.29 is 18.4 Å². The number of carbonyl (C=O) groups is 1. The summed E-state index contributed by atoms with van der Waals surface area (Å²) in [5.41, 5.74) is 7.67. The van der Waals surface area contributed by atoms with Crippen molar-refractivity contribution in [1.82, 2.24) is 14.5 Å². The molecule has 0 spiro atoms. The number of carbonyl (C=O) groups excluding carboxylic acids is 1. The summed E-state index contributed by atoms with van der Waals surface area (Å²) < 4.78 is 26.4. The molecule has 0 unspecified atom stereocenters. The van der Waals surface area contributed by atoms with E-state index in [2.05, 4.69) is 9.97 Å². The maximum Gasteiger partial charge on any atom is 0.361 e. The molecule has 2 N–H and O–H groups in total. The Hall–Kier alpha value is -2.54. The van der Waals surface area contributed by atoms with Crippen molar-refractivity contribution in [2.24, 2.45) is 5.73 Å². The highest BCUT2D eigenvalue weighted by atomic mass is 31.2. The fraction of sp³-hybridized carbons (Fsp3) is 0.350. The number of primary amides is 1. The molecule has 0 saturated heterocycles. The number of benzene rings is 1. The van der Waals surface area contributed by atoms with Gasteiger partial charge in [-0.2, -0.15) is 0 Å². The smallest absolute Gasteiger partial charge is 0.361 e. The van der Waals surface area contributed by atoms with Crippen molar-refractivity contribution in [2.75, 3.05) is 0 Å². The molecule has 2 heterocycles. The van der Waals surface area contributed by atoms with E-state index < -0.39 is 13.5 Å². The lowest BCUT2D eigenvalue weighted by Crippen LogP contribution is -2.17. The first kappa shape index (κ1) is 21.2. The zero-order chi connectivity index (χ0) is 21.2. The molecule has 3 rings (SSSR count). The molecule has 0 atom stereocenters. The summed E-state index contributed by atoms with van der Waals surface area (Å²) in [6.45, 7) is 7.84. The van der Waals surface area contributed by atoms with Gasteiger partial charge in [0.1, 0.15) is 5.69 Å². The molecule has 3 aromatic rings. The number of nitrogens with two attached hydrogens (primary N) is 1. The van der Waals surface area contributed by atoms with Gasteiger partial charge in [0.05, 0.1) is 29.4 Å². The van der Waals surface area contributed by atoms with Crippen LogP contribution >= 0.6 is 7.60 Å². The standard InChI is InChI=1S/C20H25N4O4P/c1-13(2)27-29(26,28-14(3)4)16-7-5-15(6-8-16)11-24-12-22-20-18(24)10-9-17(23-20)19(21)25/h5-10,12-14H,11H2,1-4H3,(H2,21,25). The average molecular weight is 416 g/mol. The van der Waals surface area contributed by atoms with Crippen LogP contribution in [0.2, 0.25) is 0 Å². The number of fused-ring (bicyclic) bond motifs is 1. The van der Waals surface area contributed by atoms with Crippen molar-refractivity contribution in [3.63, 3.8) is 0 Å². The maximum absolute atomic E-state index is 13.2. The number of nitrogens with zero attached hydrogens (tertiary/aromatic N) is 3. The van der Waals surface area contributed by atoms with Gasteiger partial charge in [-0.15, -0.1) is 0 Å². The monoisotopic (exact) mass is 416 g/mol. The van der Waals surface area contributed by atoms with E-state index in [0.717, 1.165) is 11.1 Å². The zero-order valence-corrected chi connectivity index (χ0v) is 17.8. The van der Waals surface area contributed by atoms with Gasteiger partial charge in [-0.25, -0.2) is 9.97 Å². The molecule has 29 heavy (non-hydrogen) atoms. The van der Waals surface area contributed by atoms with Crippen LogP contribution in [-0.4, -0.2) is 32.7 Å². The predicted octanol–water partition coefficient (Wildman–Crippen LogP) is 3.25. The summed E-state index contributed by atoms with van der Waals surface area (Å²) in [5, 5.41) is 0.520. The molecule has 2 aromatic heterocycles. The van der Waals surface area contributed by atoms with Gasteiger partial charge in [0.25, 0.3) is 5.91 Å². The Balaban J connectivity index is 1.84. The van der Waals surface area contributed by atoms with Crippen LogP contribution in [0, 0.1) is 0 Å². The van der Waals surface area contributed by atoms with Crippen LogP contribution < -0.4 is 11.0 Å². The SMILES string of the molecule is CC(C)OP(=O)(OC(C)C)c1ccc(Cn2cnc3nc(C(N)=O)ccc32)cc1.